The zero-order chi connectivity index (χ0) is 25.3. The van der Waals surface area contributed by atoms with Crippen molar-refractivity contribution in [2.75, 3.05) is 0 Å². The van der Waals surface area contributed by atoms with Crippen LogP contribution in [0.15, 0.2) is 24.0 Å². The summed E-state index contributed by atoms with van der Waals surface area (Å²) < 4.78 is 11.8. The summed E-state index contributed by atoms with van der Waals surface area (Å²) in [5.74, 6) is -2.65. The summed E-state index contributed by atoms with van der Waals surface area (Å²) in [5, 5.41) is 43.5. The molecule has 1 spiro atoms. The predicted molar refractivity (Wildman–Crippen MR) is 119 cm³/mol. The Morgan fingerprint density at radius 3 is 2.74 bits per heavy atom. The first-order valence-corrected chi connectivity index (χ1v) is 11.9. The lowest BCUT2D eigenvalue weighted by molar-refractivity contribution is -0.171. The minimum Gasteiger partial charge on any atom is -0.504 e. The quantitative estimate of drug-likeness (QED) is 0.367. The molecular formula is C25H29NO9. The lowest BCUT2D eigenvalue weighted by Gasteiger charge is -2.61. The van der Waals surface area contributed by atoms with Crippen LogP contribution in [0.5, 0.6) is 11.5 Å². The van der Waals surface area contributed by atoms with E-state index in [1.807, 2.05) is 6.07 Å². The van der Waals surface area contributed by atoms with Crippen molar-refractivity contribution >= 4 is 17.8 Å². The van der Waals surface area contributed by atoms with Gasteiger partial charge in [0.05, 0.1) is 17.4 Å². The largest absolute Gasteiger partial charge is 0.504 e. The number of carboxylic acids is 1. The molecule has 188 valence electrons. The van der Waals surface area contributed by atoms with E-state index in [0.29, 0.717) is 12.8 Å². The van der Waals surface area contributed by atoms with E-state index >= 15 is 0 Å². The maximum Gasteiger partial charge on any atom is 0.326 e. The van der Waals surface area contributed by atoms with E-state index < -0.39 is 53.5 Å². The molecule has 0 radical (unpaired) electrons. The Morgan fingerprint density at radius 2 is 2.06 bits per heavy atom. The van der Waals surface area contributed by atoms with Crippen molar-refractivity contribution < 1.29 is 44.3 Å². The monoisotopic (exact) mass is 487 g/mol. The van der Waals surface area contributed by atoms with Gasteiger partial charge in [-0.05, 0) is 62.1 Å². The van der Waals surface area contributed by atoms with E-state index in [9.17, 15) is 34.8 Å². The number of amides is 1. The van der Waals surface area contributed by atoms with Crippen LogP contribution >= 0.6 is 0 Å². The fourth-order valence-electron chi connectivity index (χ4n) is 6.65. The molecule has 3 aliphatic carbocycles. The average Bonchev–Trinajstić information content (AvgIpc) is 3.15. The fraction of sp³-hybridized carbons (Fsp3) is 0.560. The molecule has 4 aliphatic rings. The van der Waals surface area contributed by atoms with Crippen molar-refractivity contribution in [1.82, 2.24) is 5.32 Å². The number of aromatic hydroxyl groups is 1. The van der Waals surface area contributed by atoms with Crippen molar-refractivity contribution in [3.8, 4) is 11.5 Å². The Labute approximate surface area is 201 Å². The third-order valence-electron chi connectivity index (χ3n) is 8.33. The molecule has 2 unspecified atom stereocenters. The van der Waals surface area contributed by atoms with E-state index in [4.69, 9.17) is 9.47 Å². The Kier molecular flexibility index (Phi) is 5.37. The van der Waals surface area contributed by atoms with Gasteiger partial charge in [-0.2, -0.15) is 0 Å². The zero-order valence-corrected chi connectivity index (χ0v) is 19.5. The van der Waals surface area contributed by atoms with Gasteiger partial charge in [-0.15, -0.1) is 0 Å². The number of carbonyl (C=O) groups excluding carboxylic acids is 2. The lowest BCUT2D eigenvalue weighted by atomic mass is 9.45. The highest BCUT2D eigenvalue weighted by Gasteiger charge is 2.71. The van der Waals surface area contributed by atoms with Crippen LogP contribution in [0.25, 0.3) is 0 Å². The summed E-state index contributed by atoms with van der Waals surface area (Å²) in [5.41, 5.74) is -0.280. The molecule has 10 heteroatoms. The van der Waals surface area contributed by atoms with Crippen LogP contribution in [-0.2, 0) is 31.0 Å². The molecule has 2 bridgehead atoms. The maximum absolute atomic E-state index is 12.8. The SMILES string of the molecule is CC1CCC23c4c5ccc(O)c4O[C@H]2C(OC(=O)C[C@H](NC(=O)[C@H](C)O)C(=O)O)=CC[C@@]3(O)[C@H]1C5. The number of phenolic OH excluding ortho intramolecular Hbond substituents is 1. The first kappa shape index (κ1) is 23.6. The van der Waals surface area contributed by atoms with E-state index in [1.165, 1.54) is 6.92 Å². The van der Waals surface area contributed by atoms with Gasteiger partial charge in [-0.3, -0.25) is 9.59 Å². The summed E-state index contributed by atoms with van der Waals surface area (Å²) >= 11 is 0. The number of phenols is 1. The van der Waals surface area contributed by atoms with Crippen LogP contribution in [-0.4, -0.2) is 62.1 Å². The number of aliphatic carboxylic acids is 1. The van der Waals surface area contributed by atoms with Crippen LogP contribution in [0.3, 0.4) is 0 Å². The molecule has 10 nitrogen and oxygen atoms in total. The molecule has 5 N–H and O–H groups in total. The van der Waals surface area contributed by atoms with Crippen molar-refractivity contribution in [2.24, 2.45) is 11.8 Å². The topological polar surface area (TPSA) is 163 Å². The van der Waals surface area contributed by atoms with Gasteiger partial charge < -0.3 is 35.2 Å². The van der Waals surface area contributed by atoms with Gasteiger partial charge >= 0.3 is 11.9 Å². The number of nitrogens with one attached hydrogen (secondary N) is 1. The number of benzene rings is 1. The van der Waals surface area contributed by atoms with Crippen LogP contribution < -0.4 is 10.1 Å². The zero-order valence-electron chi connectivity index (χ0n) is 19.5. The van der Waals surface area contributed by atoms with Gasteiger partial charge in [-0.25, -0.2) is 4.79 Å². The number of carboxylic acid groups (broad SMARTS) is 1. The van der Waals surface area contributed by atoms with Gasteiger partial charge in [0, 0.05) is 5.56 Å². The molecule has 0 aromatic heterocycles. The van der Waals surface area contributed by atoms with Crippen molar-refractivity contribution in [1.29, 1.82) is 0 Å². The Morgan fingerprint density at radius 1 is 1.31 bits per heavy atom. The second kappa shape index (κ2) is 7.96. The summed E-state index contributed by atoms with van der Waals surface area (Å²) in [4.78, 5) is 36.0. The number of carbonyl (C=O) groups is 3. The molecule has 1 amide bonds. The highest BCUT2D eigenvalue weighted by atomic mass is 16.6. The smallest absolute Gasteiger partial charge is 0.326 e. The Bertz CT molecular complexity index is 1140. The number of esters is 1. The van der Waals surface area contributed by atoms with Gasteiger partial charge in [0.25, 0.3) is 0 Å². The molecule has 1 aromatic carbocycles. The number of hydrogen-bond acceptors (Lipinski definition) is 8. The third kappa shape index (κ3) is 3.26. The molecule has 1 heterocycles. The molecule has 7 atom stereocenters. The molecule has 1 fully saturated rings. The molecule has 0 saturated heterocycles. The second-order valence-electron chi connectivity index (χ2n) is 10.2. The average molecular weight is 488 g/mol. The summed E-state index contributed by atoms with van der Waals surface area (Å²) in [6.45, 7) is 3.31. The highest BCUT2D eigenvalue weighted by molar-refractivity contribution is 5.88. The lowest BCUT2D eigenvalue weighted by Crippen LogP contribution is -2.69. The fourth-order valence-corrected chi connectivity index (χ4v) is 6.65. The Hall–Kier alpha value is -3.11. The molecule has 35 heavy (non-hydrogen) atoms. The van der Waals surface area contributed by atoms with Gasteiger partial charge in [0.15, 0.2) is 17.6 Å². The van der Waals surface area contributed by atoms with Crippen molar-refractivity contribution in [3.05, 3.63) is 35.1 Å². The molecule has 1 saturated carbocycles. The van der Waals surface area contributed by atoms with Crippen molar-refractivity contribution in [3.63, 3.8) is 0 Å². The first-order chi connectivity index (χ1) is 16.5. The summed E-state index contributed by atoms with van der Waals surface area (Å²) in [7, 11) is 0. The van der Waals surface area contributed by atoms with E-state index in [2.05, 4.69) is 12.2 Å². The first-order valence-electron chi connectivity index (χ1n) is 11.9. The van der Waals surface area contributed by atoms with Gasteiger partial charge in [0.1, 0.15) is 17.9 Å². The molecule has 1 aromatic rings. The van der Waals surface area contributed by atoms with E-state index in [0.717, 1.165) is 17.5 Å². The second-order valence-corrected chi connectivity index (χ2v) is 10.2. The van der Waals surface area contributed by atoms with Crippen LogP contribution in [0.1, 0.15) is 50.7 Å². The predicted octanol–water partition coefficient (Wildman–Crippen LogP) is 0.895. The number of aliphatic hydroxyl groups excluding tert-OH is 1. The van der Waals surface area contributed by atoms with Gasteiger partial charge in [0.2, 0.25) is 5.91 Å². The van der Waals surface area contributed by atoms with Gasteiger partial charge in [-0.1, -0.05) is 13.0 Å². The molecule has 5 rings (SSSR count). The number of hydrogen-bond donors (Lipinski definition) is 5. The molecule has 1 aliphatic heterocycles. The number of ether oxygens (including phenoxy) is 2. The van der Waals surface area contributed by atoms with Crippen LogP contribution in [0.2, 0.25) is 0 Å². The number of aliphatic hydroxyl groups is 2. The highest BCUT2D eigenvalue weighted by Crippen LogP contribution is 2.68. The number of rotatable bonds is 6. The van der Waals surface area contributed by atoms with E-state index in [-0.39, 0.29) is 35.5 Å². The van der Waals surface area contributed by atoms with E-state index in [1.54, 1.807) is 12.1 Å². The minimum absolute atomic E-state index is 0.0362. The van der Waals surface area contributed by atoms with Crippen LogP contribution in [0, 0.1) is 11.8 Å². The maximum atomic E-state index is 12.8. The Balaban J connectivity index is 1.46. The minimum atomic E-state index is -1.59. The standard InChI is InChI=1S/C25H29NO9/c1-11-5-7-24-19-13-3-4-16(28)20(19)35-21(24)17(6-8-25(24,33)14(11)9-13)34-18(29)10-15(23(31)32)26-22(30)12(2)27/h3-4,6,11-12,14-15,21,27-28,33H,5,7-10H2,1-2H3,(H,26,30)(H,31,32)/t11?,12-,14-,15-,21-,24?,25+/m0/s1. The normalized spacial score (nSPS) is 33.5. The summed E-state index contributed by atoms with van der Waals surface area (Å²) in [6, 6.07) is 1.85. The molecular weight excluding hydrogens is 458 g/mol. The van der Waals surface area contributed by atoms with Crippen LogP contribution in [0.4, 0.5) is 0 Å². The third-order valence-corrected chi connectivity index (χ3v) is 8.33. The summed E-state index contributed by atoms with van der Waals surface area (Å²) in [6.07, 6.45) is 0.928. The van der Waals surface area contributed by atoms with Crippen molar-refractivity contribution in [2.45, 2.75) is 75.2 Å².